The number of carbonyl (C=O) groups is 1. The first-order valence-corrected chi connectivity index (χ1v) is 6.22. The lowest BCUT2D eigenvalue weighted by atomic mass is 10.0. The number of rotatable bonds is 2. The number of ether oxygens (including phenoxy) is 1. The summed E-state index contributed by atoms with van der Waals surface area (Å²) in [7, 11) is 0. The standard InChI is InChI=1S/C15H18N2O2/c1-15(2,3)19-14(18)12-7-6-10(9-16)13-11(12)5-4-8-17-13/h4-8H,9,16H2,1-3H3. The molecule has 0 fully saturated rings. The molecule has 100 valence electrons. The Hall–Kier alpha value is -1.94. The van der Waals surface area contributed by atoms with Gasteiger partial charge in [0.1, 0.15) is 5.60 Å². The highest BCUT2D eigenvalue weighted by atomic mass is 16.6. The van der Waals surface area contributed by atoms with Gasteiger partial charge in [-0.25, -0.2) is 4.79 Å². The number of esters is 1. The Morgan fingerprint density at radius 2 is 2.05 bits per heavy atom. The van der Waals surface area contributed by atoms with Gasteiger partial charge in [0.2, 0.25) is 0 Å². The van der Waals surface area contributed by atoms with Gasteiger partial charge in [-0.05, 0) is 38.5 Å². The maximum Gasteiger partial charge on any atom is 0.339 e. The van der Waals surface area contributed by atoms with Gasteiger partial charge in [0, 0.05) is 18.1 Å². The fourth-order valence-electron chi connectivity index (χ4n) is 1.91. The van der Waals surface area contributed by atoms with E-state index in [0.717, 1.165) is 16.5 Å². The molecule has 0 saturated heterocycles. The predicted molar refractivity (Wildman–Crippen MR) is 74.8 cm³/mol. The zero-order valence-electron chi connectivity index (χ0n) is 11.4. The van der Waals surface area contributed by atoms with E-state index in [1.807, 2.05) is 32.9 Å². The summed E-state index contributed by atoms with van der Waals surface area (Å²) in [5.41, 5.74) is 7.37. The summed E-state index contributed by atoms with van der Waals surface area (Å²) in [6.07, 6.45) is 1.69. The van der Waals surface area contributed by atoms with Gasteiger partial charge in [-0.15, -0.1) is 0 Å². The van der Waals surface area contributed by atoms with Gasteiger partial charge < -0.3 is 10.5 Å². The van der Waals surface area contributed by atoms with E-state index in [1.54, 1.807) is 18.3 Å². The Morgan fingerprint density at radius 1 is 1.32 bits per heavy atom. The molecule has 1 aromatic carbocycles. The SMILES string of the molecule is CC(C)(C)OC(=O)c1ccc(CN)c2ncccc12. The van der Waals surface area contributed by atoms with Crippen molar-refractivity contribution in [3.8, 4) is 0 Å². The van der Waals surface area contributed by atoms with Crippen LogP contribution in [-0.2, 0) is 11.3 Å². The van der Waals surface area contributed by atoms with Gasteiger partial charge in [0.15, 0.2) is 0 Å². The first kappa shape index (κ1) is 13.5. The number of nitrogens with zero attached hydrogens (tertiary/aromatic N) is 1. The minimum absolute atomic E-state index is 0.339. The van der Waals surface area contributed by atoms with Crippen LogP contribution in [0.2, 0.25) is 0 Å². The first-order chi connectivity index (χ1) is 8.92. The van der Waals surface area contributed by atoms with E-state index in [9.17, 15) is 4.79 Å². The Morgan fingerprint density at radius 3 is 2.68 bits per heavy atom. The molecule has 2 N–H and O–H groups in total. The lowest BCUT2D eigenvalue weighted by Gasteiger charge is -2.20. The van der Waals surface area contributed by atoms with Crippen molar-refractivity contribution in [2.24, 2.45) is 5.73 Å². The summed E-state index contributed by atoms with van der Waals surface area (Å²) >= 11 is 0. The monoisotopic (exact) mass is 258 g/mol. The third-order valence-corrected chi connectivity index (χ3v) is 2.69. The number of benzene rings is 1. The van der Waals surface area contributed by atoms with Crippen molar-refractivity contribution in [1.29, 1.82) is 0 Å². The fourth-order valence-corrected chi connectivity index (χ4v) is 1.91. The average molecular weight is 258 g/mol. The molecule has 0 bridgehead atoms. The van der Waals surface area contributed by atoms with Crippen LogP contribution < -0.4 is 5.73 Å². The lowest BCUT2D eigenvalue weighted by Crippen LogP contribution is -2.24. The van der Waals surface area contributed by atoms with Gasteiger partial charge in [-0.1, -0.05) is 12.1 Å². The van der Waals surface area contributed by atoms with E-state index in [1.165, 1.54) is 0 Å². The van der Waals surface area contributed by atoms with Crippen LogP contribution in [0.15, 0.2) is 30.5 Å². The number of aromatic nitrogens is 1. The minimum atomic E-state index is -0.516. The van der Waals surface area contributed by atoms with Gasteiger partial charge >= 0.3 is 5.97 Å². The van der Waals surface area contributed by atoms with Crippen molar-refractivity contribution in [2.45, 2.75) is 32.9 Å². The Labute approximate surface area is 112 Å². The van der Waals surface area contributed by atoms with Crippen molar-refractivity contribution in [2.75, 3.05) is 0 Å². The Balaban J connectivity index is 2.53. The highest BCUT2D eigenvalue weighted by Gasteiger charge is 2.20. The second kappa shape index (κ2) is 4.97. The topological polar surface area (TPSA) is 65.2 Å². The molecule has 0 aliphatic carbocycles. The van der Waals surface area contributed by atoms with Crippen molar-refractivity contribution in [3.05, 3.63) is 41.6 Å². The summed E-state index contributed by atoms with van der Waals surface area (Å²) in [6.45, 7) is 5.93. The predicted octanol–water partition coefficient (Wildman–Crippen LogP) is 2.65. The minimum Gasteiger partial charge on any atom is -0.456 e. The van der Waals surface area contributed by atoms with Crippen molar-refractivity contribution in [3.63, 3.8) is 0 Å². The second-order valence-electron chi connectivity index (χ2n) is 5.38. The van der Waals surface area contributed by atoms with Crippen molar-refractivity contribution >= 4 is 16.9 Å². The summed E-state index contributed by atoms with van der Waals surface area (Å²) in [5, 5.41) is 0.778. The van der Waals surface area contributed by atoms with E-state index in [-0.39, 0.29) is 5.97 Å². The average Bonchev–Trinajstić information content (AvgIpc) is 2.35. The van der Waals surface area contributed by atoms with Crippen molar-refractivity contribution < 1.29 is 9.53 Å². The fraction of sp³-hybridized carbons (Fsp3) is 0.333. The van der Waals surface area contributed by atoms with Crippen LogP contribution in [0, 0.1) is 0 Å². The summed E-state index contributed by atoms with van der Waals surface area (Å²) < 4.78 is 5.41. The molecule has 0 spiro atoms. The molecule has 2 rings (SSSR count). The molecular formula is C15H18N2O2. The maximum atomic E-state index is 12.2. The van der Waals surface area contributed by atoms with E-state index in [0.29, 0.717) is 12.1 Å². The number of nitrogens with two attached hydrogens (primary N) is 1. The van der Waals surface area contributed by atoms with E-state index in [2.05, 4.69) is 4.98 Å². The molecular weight excluding hydrogens is 240 g/mol. The highest BCUT2D eigenvalue weighted by molar-refractivity contribution is 6.04. The lowest BCUT2D eigenvalue weighted by molar-refractivity contribution is 0.00718. The zero-order chi connectivity index (χ0) is 14.0. The molecule has 0 atom stereocenters. The molecule has 0 amide bonds. The number of pyridine rings is 1. The smallest absolute Gasteiger partial charge is 0.339 e. The number of fused-ring (bicyclic) bond motifs is 1. The molecule has 0 saturated carbocycles. The van der Waals surface area contributed by atoms with Crippen LogP contribution in [-0.4, -0.2) is 16.6 Å². The molecule has 19 heavy (non-hydrogen) atoms. The largest absolute Gasteiger partial charge is 0.456 e. The Kier molecular flexibility index (Phi) is 3.53. The van der Waals surface area contributed by atoms with Gasteiger partial charge in [-0.3, -0.25) is 4.98 Å². The molecule has 1 aromatic heterocycles. The molecule has 1 heterocycles. The van der Waals surface area contributed by atoms with Crippen LogP contribution in [0.25, 0.3) is 10.9 Å². The maximum absolute atomic E-state index is 12.2. The first-order valence-electron chi connectivity index (χ1n) is 6.22. The molecule has 0 radical (unpaired) electrons. The second-order valence-corrected chi connectivity index (χ2v) is 5.38. The van der Waals surface area contributed by atoms with Gasteiger partial charge in [0.25, 0.3) is 0 Å². The normalized spacial score (nSPS) is 11.6. The third-order valence-electron chi connectivity index (χ3n) is 2.69. The molecule has 0 aliphatic rings. The van der Waals surface area contributed by atoms with Crippen molar-refractivity contribution in [1.82, 2.24) is 4.98 Å². The number of hydrogen-bond acceptors (Lipinski definition) is 4. The molecule has 4 heteroatoms. The summed E-state index contributed by atoms with van der Waals surface area (Å²) in [6, 6.07) is 7.24. The van der Waals surface area contributed by atoms with Crippen LogP contribution in [0.3, 0.4) is 0 Å². The Bertz CT molecular complexity index is 615. The van der Waals surface area contributed by atoms with E-state index < -0.39 is 5.60 Å². The quantitative estimate of drug-likeness (QED) is 0.841. The van der Waals surface area contributed by atoms with Gasteiger partial charge in [0.05, 0.1) is 11.1 Å². The number of hydrogen-bond donors (Lipinski definition) is 1. The summed E-state index contributed by atoms with van der Waals surface area (Å²) in [5.74, 6) is -0.339. The van der Waals surface area contributed by atoms with Crippen LogP contribution in [0.1, 0.15) is 36.7 Å². The zero-order valence-corrected chi connectivity index (χ0v) is 11.4. The molecule has 0 aliphatic heterocycles. The highest BCUT2D eigenvalue weighted by Crippen LogP contribution is 2.23. The van der Waals surface area contributed by atoms with Crippen LogP contribution in [0.4, 0.5) is 0 Å². The van der Waals surface area contributed by atoms with Gasteiger partial charge in [-0.2, -0.15) is 0 Å². The van der Waals surface area contributed by atoms with E-state index in [4.69, 9.17) is 10.5 Å². The van der Waals surface area contributed by atoms with Crippen LogP contribution >= 0.6 is 0 Å². The number of carbonyl (C=O) groups excluding carboxylic acids is 1. The third kappa shape index (κ3) is 2.90. The van der Waals surface area contributed by atoms with Crippen LogP contribution in [0.5, 0.6) is 0 Å². The molecule has 2 aromatic rings. The molecule has 0 unspecified atom stereocenters. The summed E-state index contributed by atoms with van der Waals surface area (Å²) in [4.78, 5) is 16.5. The molecule has 4 nitrogen and oxygen atoms in total. The van der Waals surface area contributed by atoms with E-state index >= 15 is 0 Å².